The summed E-state index contributed by atoms with van der Waals surface area (Å²) in [6, 6.07) is 4.76. The van der Waals surface area contributed by atoms with Crippen molar-refractivity contribution in [1.82, 2.24) is 5.43 Å². The van der Waals surface area contributed by atoms with Gasteiger partial charge in [0.25, 0.3) is 0 Å². The topological polar surface area (TPSA) is 50.4 Å². The second-order valence-electron chi connectivity index (χ2n) is 2.76. The molecule has 3 N–H and O–H groups in total. The smallest absolute Gasteiger partial charge is 0.184 e. The van der Waals surface area contributed by atoms with E-state index in [1.165, 1.54) is 12.3 Å². The van der Waals surface area contributed by atoms with Crippen molar-refractivity contribution in [1.29, 1.82) is 0 Å². The highest BCUT2D eigenvalue weighted by molar-refractivity contribution is 7.80. The molecule has 1 aromatic carbocycles. The lowest BCUT2D eigenvalue weighted by Crippen LogP contribution is -2.24. The van der Waals surface area contributed by atoms with Gasteiger partial charge >= 0.3 is 0 Å². The van der Waals surface area contributed by atoms with Gasteiger partial charge in [-0.3, -0.25) is 5.43 Å². The van der Waals surface area contributed by atoms with Gasteiger partial charge in [-0.05, 0) is 31.3 Å². The predicted octanol–water partition coefficient (Wildman–Crippen LogP) is 1.30. The van der Waals surface area contributed by atoms with Crippen molar-refractivity contribution >= 4 is 23.5 Å². The molecular weight excluding hydrogens is 201 g/mol. The number of hydrogen-bond acceptors (Lipinski definition) is 2. The number of benzene rings is 1. The Kier molecular flexibility index (Phi) is 3.53. The highest BCUT2D eigenvalue weighted by Gasteiger charge is 1.98. The molecular formula is C9H10FN3S. The summed E-state index contributed by atoms with van der Waals surface area (Å²) in [5.41, 5.74) is 8.85. The molecule has 0 aliphatic rings. The molecule has 5 heteroatoms. The normalized spacial score (nSPS) is 10.4. The summed E-state index contributed by atoms with van der Waals surface area (Å²) >= 11 is 4.53. The van der Waals surface area contributed by atoms with Gasteiger partial charge in [0.1, 0.15) is 5.82 Å². The summed E-state index contributed by atoms with van der Waals surface area (Å²) in [5, 5.41) is 3.71. The summed E-state index contributed by atoms with van der Waals surface area (Å²) < 4.78 is 13.1. The summed E-state index contributed by atoms with van der Waals surface area (Å²) in [4.78, 5) is 0. The van der Waals surface area contributed by atoms with Gasteiger partial charge in [0.2, 0.25) is 0 Å². The number of nitrogens with one attached hydrogen (secondary N) is 1. The fourth-order valence-electron chi connectivity index (χ4n) is 0.928. The number of nitrogens with two attached hydrogens (primary N) is 1. The van der Waals surface area contributed by atoms with Crippen LogP contribution in [0.3, 0.4) is 0 Å². The van der Waals surface area contributed by atoms with Crippen LogP contribution in [-0.2, 0) is 0 Å². The molecule has 3 nitrogen and oxygen atoms in total. The van der Waals surface area contributed by atoms with Crippen LogP contribution in [0.2, 0.25) is 0 Å². The van der Waals surface area contributed by atoms with E-state index in [0.717, 1.165) is 5.56 Å². The first kappa shape index (κ1) is 10.6. The molecule has 0 amide bonds. The third kappa shape index (κ3) is 3.10. The maximum absolute atomic E-state index is 13.1. The first-order valence-corrected chi connectivity index (χ1v) is 4.35. The quantitative estimate of drug-likeness (QED) is 0.440. The molecule has 0 bridgehead atoms. The van der Waals surface area contributed by atoms with Crippen molar-refractivity contribution < 1.29 is 4.39 Å². The number of hydrogen-bond donors (Lipinski definition) is 2. The van der Waals surface area contributed by atoms with Crippen molar-refractivity contribution in [2.75, 3.05) is 0 Å². The van der Waals surface area contributed by atoms with Crippen molar-refractivity contribution in [3.63, 3.8) is 0 Å². The largest absolute Gasteiger partial charge is 0.375 e. The Bertz CT molecular complexity index is 376. The van der Waals surface area contributed by atoms with E-state index in [9.17, 15) is 4.39 Å². The van der Waals surface area contributed by atoms with E-state index >= 15 is 0 Å². The molecule has 0 fully saturated rings. The Morgan fingerprint density at radius 3 is 3.00 bits per heavy atom. The van der Waals surface area contributed by atoms with Crippen molar-refractivity contribution in [2.24, 2.45) is 10.8 Å². The fraction of sp³-hybridized carbons (Fsp3) is 0.111. The van der Waals surface area contributed by atoms with Crippen LogP contribution < -0.4 is 11.2 Å². The number of hydrazone groups is 1. The molecule has 0 heterocycles. The molecule has 0 saturated carbocycles. The van der Waals surface area contributed by atoms with Crippen LogP contribution in [-0.4, -0.2) is 11.3 Å². The van der Waals surface area contributed by atoms with E-state index in [1.807, 2.05) is 6.92 Å². The molecule has 0 unspecified atom stereocenters. The molecule has 0 aliphatic heterocycles. The van der Waals surface area contributed by atoms with Crippen LogP contribution in [0.25, 0.3) is 0 Å². The van der Waals surface area contributed by atoms with Crippen molar-refractivity contribution in [3.8, 4) is 0 Å². The second-order valence-corrected chi connectivity index (χ2v) is 3.20. The molecule has 0 saturated heterocycles. The SMILES string of the molecule is Cc1ccc(F)c(/C=N/NC(N)=S)c1. The molecule has 0 aromatic heterocycles. The zero-order valence-corrected chi connectivity index (χ0v) is 8.44. The molecule has 1 aromatic rings. The predicted molar refractivity (Wildman–Crippen MR) is 58.7 cm³/mol. The van der Waals surface area contributed by atoms with Gasteiger partial charge < -0.3 is 5.73 Å². The first-order valence-electron chi connectivity index (χ1n) is 3.94. The number of rotatable bonds is 2. The number of thiocarbonyl (C=S) groups is 1. The number of aryl methyl sites for hydroxylation is 1. The molecule has 0 aliphatic carbocycles. The van der Waals surface area contributed by atoms with Crippen LogP contribution in [0.4, 0.5) is 4.39 Å². The maximum Gasteiger partial charge on any atom is 0.184 e. The average Bonchev–Trinajstić information content (AvgIpc) is 2.10. The third-order valence-electron chi connectivity index (χ3n) is 1.53. The van der Waals surface area contributed by atoms with Gasteiger partial charge in [0.15, 0.2) is 5.11 Å². The Morgan fingerprint density at radius 2 is 2.36 bits per heavy atom. The fourth-order valence-corrected chi connectivity index (χ4v) is 0.980. The average molecular weight is 211 g/mol. The van der Waals surface area contributed by atoms with E-state index in [-0.39, 0.29) is 10.9 Å². The van der Waals surface area contributed by atoms with Crippen LogP contribution in [0, 0.1) is 12.7 Å². The van der Waals surface area contributed by atoms with E-state index < -0.39 is 0 Å². The molecule has 14 heavy (non-hydrogen) atoms. The Morgan fingerprint density at radius 1 is 1.64 bits per heavy atom. The summed E-state index contributed by atoms with van der Waals surface area (Å²) in [6.45, 7) is 1.87. The van der Waals surface area contributed by atoms with Crippen molar-refractivity contribution in [2.45, 2.75) is 6.92 Å². The second kappa shape index (κ2) is 4.66. The molecule has 74 valence electrons. The minimum absolute atomic E-state index is 0.0503. The van der Waals surface area contributed by atoms with Gasteiger partial charge in [-0.1, -0.05) is 11.6 Å². The Hall–Kier alpha value is -1.49. The van der Waals surface area contributed by atoms with Gasteiger partial charge in [-0.15, -0.1) is 0 Å². The third-order valence-corrected chi connectivity index (χ3v) is 1.62. The number of nitrogens with zero attached hydrogens (tertiary/aromatic N) is 1. The van der Waals surface area contributed by atoms with E-state index in [2.05, 4.69) is 22.7 Å². The molecule has 0 spiro atoms. The van der Waals surface area contributed by atoms with Gasteiger partial charge in [0, 0.05) is 5.56 Å². The molecule has 0 radical (unpaired) electrons. The first-order chi connectivity index (χ1) is 6.59. The monoisotopic (exact) mass is 211 g/mol. The van der Waals surface area contributed by atoms with E-state index in [0.29, 0.717) is 5.56 Å². The zero-order chi connectivity index (χ0) is 10.6. The van der Waals surface area contributed by atoms with Gasteiger partial charge in [0.05, 0.1) is 6.21 Å². The summed E-state index contributed by atoms with van der Waals surface area (Å²) in [7, 11) is 0. The minimum Gasteiger partial charge on any atom is -0.375 e. The van der Waals surface area contributed by atoms with E-state index in [4.69, 9.17) is 5.73 Å². The van der Waals surface area contributed by atoms with Crippen LogP contribution >= 0.6 is 12.2 Å². The minimum atomic E-state index is -0.330. The summed E-state index contributed by atoms with van der Waals surface area (Å²) in [6.07, 6.45) is 1.33. The maximum atomic E-state index is 13.1. The Labute approximate surface area is 86.8 Å². The van der Waals surface area contributed by atoms with Crippen LogP contribution in [0.15, 0.2) is 23.3 Å². The van der Waals surface area contributed by atoms with Crippen LogP contribution in [0.1, 0.15) is 11.1 Å². The molecule has 1 rings (SSSR count). The lowest BCUT2D eigenvalue weighted by Gasteiger charge is -1.98. The number of halogens is 1. The highest BCUT2D eigenvalue weighted by atomic mass is 32.1. The summed E-state index contributed by atoms with van der Waals surface area (Å²) in [5.74, 6) is -0.330. The highest BCUT2D eigenvalue weighted by Crippen LogP contribution is 2.07. The van der Waals surface area contributed by atoms with E-state index in [1.54, 1.807) is 12.1 Å². The van der Waals surface area contributed by atoms with Gasteiger partial charge in [-0.2, -0.15) is 5.10 Å². The van der Waals surface area contributed by atoms with Crippen LogP contribution in [0.5, 0.6) is 0 Å². The van der Waals surface area contributed by atoms with Gasteiger partial charge in [-0.25, -0.2) is 4.39 Å². The van der Waals surface area contributed by atoms with Crippen molar-refractivity contribution in [3.05, 3.63) is 35.1 Å². The molecule has 0 atom stereocenters. The standard InChI is InChI=1S/C9H10FN3S/c1-6-2-3-8(10)7(4-6)5-12-13-9(11)14/h2-5H,1H3,(H3,11,13,14)/b12-5+. The zero-order valence-electron chi connectivity index (χ0n) is 7.62. The lowest BCUT2D eigenvalue weighted by atomic mass is 10.1. The Balaban J connectivity index is 2.80. The lowest BCUT2D eigenvalue weighted by molar-refractivity contribution is 0.625.